The Morgan fingerprint density at radius 3 is 2.74 bits per heavy atom. The number of hydrogen-bond donors (Lipinski definition) is 1. The van der Waals surface area contributed by atoms with Crippen molar-refractivity contribution in [3.05, 3.63) is 41.4 Å². The number of piperidine rings is 1. The molecule has 1 aliphatic heterocycles. The van der Waals surface area contributed by atoms with Gasteiger partial charge in [0.25, 0.3) is 0 Å². The molecule has 0 bridgehead atoms. The maximum atomic E-state index is 14.3. The number of likely N-dealkylation sites (tertiary alicyclic amines) is 1. The summed E-state index contributed by atoms with van der Waals surface area (Å²) in [6, 6.07) is 9.53. The number of benzene rings is 1. The lowest BCUT2D eigenvalue weighted by molar-refractivity contribution is 0.182. The second-order valence-corrected chi connectivity index (χ2v) is 6.50. The molecule has 1 saturated heterocycles. The Kier molecular flexibility index (Phi) is 5.23. The van der Waals surface area contributed by atoms with Crippen LogP contribution in [0.5, 0.6) is 0 Å². The molecule has 6 heteroatoms. The van der Waals surface area contributed by atoms with Crippen molar-refractivity contribution in [3.63, 3.8) is 0 Å². The molecule has 0 aliphatic carbocycles. The number of thiazole rings is 1. The van der Waals surface area contributed by atoms with Gasteiger partial charge in [0.1, 0.15) is 5.01 Å². The van der Waals surface area contributed by atoms with Crippen molar-refractivity contribution in [3.8, 4) is 10.6 Å². The summed E-state index contributed by atoms with van der Waals surface area (Å²) >= 11 is 1.42. The highest BCUT2D eigenvalue weighted by molar-refractivity contribution is 7.13. The van der Waals surface area contributed by atoms with Crippen molar-refractivity contribution in [2.75, 3.05) is 19.6 Å². The van der Waals surface area contributed by atoms with E-state index in [1.807, 2.05) is 30.3 Å². The summed E-state index contributed by atoms with van der Waals surface area (Å²) < 4.78 is 14.3. The largest absolute Gasteiger partial charge is 0.335 e. The number of nitrogens with one attached hydrogen (secondary N) is 1. The maximum Gasteiger partial charge on any atom is 0.317 e. The van der Waals surface area contributed by atoms with Crippen LogP contribution >= 0.6 is 11.3 Å². The van der Waals surface area contributed by atoms with E-state index < -0.39 is 6.17 Å². The minimum atomic E-state index is -1.28. The van der Waals surface area contributed by atoms with Gasteiger partial charge in [-0.15, -0.1) is 11.3 Å². The topological polar surface area (TPSA) is 45.2 Å². The Morgan fingerprint density at radius 2 is 2.00 bits per heavy atom. The van der Waals surface area contributed by atoms with E-state index in [1.165, 1.54) is 11.3 Å². The van der Waals surface area contributed by atoms with Crippen LogP contribution in [0.25, 0.3) is 10.6 Å². The molecule has 23 heavy (non-hydrogen) atoms. The predicted molar refractivity (Wildman–Crippen MR) is 90.2 cm³/mol. The average Bonchev–Trinajstić information content (AvgIpc) is 3.11. The summed E-state index contributed by atoms with van der Waals surface area (Å²) in [5.41, 5.74) is 1.36. The summed E-state index contributed by atoms with van der Waals surface area (Å²) in [6.45, 7) is 1.49. The predicted octanol–water partition coefficient (Wildman–Crippen LogP) is 4.02. The van der Waals surface area contributed by atoms with Gasteiger partial charge in [-0.05, 0) is 19.3 Å². The maximum absolute atomic E-state index is 14.3. The van der Waals surface area contributed by atoms with Crippen molar-refractivity contribution in [1.82, 2.24) is 15.2 Å². The van der Waals surface area contributed by atoms with Crippen LogP contribution in [0.4, 0.5) is 9.18 Å². The number of alkyl halides is 1. The lowest BCUT2D eigenvalue weighted by Crippen LogP contribution is -2.43. The summed E-state index contributed by atoms with van der Waals surface area (Å²) in [4.78, 5) is 18.1. The Morgan fingerprint density at radius 1 is 1.26 bits per heavy atom. The molecule has 0 radical (unpaired) electrons. The van der Waals surface area contributed by atoms with Crippen molar-refractivity contribution in [2.45, 2.75) is 25.4 Å². The van der Waals surface area contributed by atoms with Gasteiger partial charge in [-0.1, -0.05) is 30.3 Å². The lowest BCUT2D eigenvalue weighted by Gasteiger charge is -2.27. The molecule has 2 amide bonds. The molecule has 1 aromatic carbocycles. The van der Waals surface area contributed by atoms with Crippen molar-refractivity contribution in [2.24, 2.45) is 0 Å². The number of carbonyl (C=O) groups is 1. The molecule has 1 unspecified atom stereocenters. The highest BCUT2D eigenvalue weighted by atomic mass is 32.1. The molecule has 2 heterocycles. The second-order valence-electron chi connectivity index (χ2n) is 5.64. The van der Waals surface area contributed by atoms with Gasteiger partial charge in [0.05, 0.1) is 12.2 Å². The summed E-state index contributed by atoms with van der Waals surface area (Å²) in [7, 11) is 0. The third kappa shape index (κ3) is 4.07. The second kappa shape index (κ2) is 7.55. The zero-order chi connectivity index (χ0) is 16.1. The molecule has 1 aliphatic rings. The first-order valence-corrected chi connectivity index (χ1v) is 8.79. The Hall–Kier alpha value is -1.95. The van der Waals surface area contributed by atoms with E-state index in [1.54, 1.807) is 10.3 Å². The van der Waals surface area contributed by atoms with Crippen LogP contribution in [-0.4, -0.2) is 35.5 Å². The highest BCUT2D eigenvalue weighted by Crippen LogP contribution is 2.27. The molecule has 1 atom stereocenters. The fraction of sp³-hybridized carbons (Fsp3) is 0.412. The summed E-state index contributed by atoms with van der Waals surface area (Å²) in [5.74, 6) is 0. The molecule has 1 N–H and O–H groups in total. The highest BCUT2D eigenvalue weighted by Gasteiger charge is 2.19. The van der Waals surface area contributed by atoms with Crippen LogP contribution in [0, 0.1) is 0 Å². The summed E-state index contributed by atoms with van der Waals surface area (Å²) in [6.07, 6.45) is 1.94. The van der Waals surface area contributed by atoms with Gasteiger partial charge in [-0.3, -0.25) is 0 Å². The number of rotatable bonds is 4. The van der Waals surface area contributed by atoms with Crippen LogP contribution in [0.2, 0.25) is 0 Å². The zero-order valence-electron chi connectivity index (χ0n) is 12.9. The van der Waals surface area contributed by atoms with Crippen molar-refractivity contribution >= 4 is 17.4 Å². The van der Waals surface area contributed by atoms with Crippen LogP contribution in [0.3, 0.4) is 0 Å². The molecular formula is C17H20FN3OS. The van der Waals surface area contributed by atoms with E-state index in [-0.39, 0.29) is 12.6 Å². The van der Waals surface area contributed by atoms with E-state index in [0.29, 0.717) is 5.69 Å². The van der Waals surface area contributed by atoms with E-state index in [9.17, 15) is 9.18 Å². The van der Waals surface area contributed by atoms with E-state index >= 15 is 0 Å². The first-order chi connectivity index (χ1) is 11.2. The Bertz CT molecular complexity index is 640. The minimum Gasteiger partial charge on any atom is -0.335 e. The molecule has 4 nitrogen and oxygen atoms in total. The Labute approximate surface area is 139 Å². The fourth-order valence-electron chi connectivity index (χ4n) is 2.63. The smallest absolute Gasteiger partial charge is 0.317 e. The fourth-order valence-corrected chi connectivity index (χ4v) is 3.50. The number of carbonyl (C=O) groups excluding carboxylic acids is 1. The van der Waals surface area contributed by atoms with Crippen LogP contribution < -0.4 is 5.32 Å². The van der Waals surface area contributed by atoms with Crippen LogP contribution in [0.15, 0.2) is 35.7 Å². The van der Waals surface area contributed by atoms with E-state index in [2.05, 4.69) is 10.3 Å². The van der Waals surface area contributed by atoms with E-state index in [4.69, 9.17) is 0 Å². The standard InChI is InChI=1S/C17H20FN3OS/c18-14(11-19-17(22)21-9-5-2-6-10-21)15-12-23-16(20-15)13-7-3-1-4-8-13/h1,3-4,7-8,12,14H,2,5-6,9-11H2,(H,19,22). The third-order valence-electron chi connectivity index (χ3n) is 3.94. The minimum absolute atomic E-state index is 0.0344. The molecule has 1 fully saturated rings. The van der Waals surface area contributed by atoms with Gasteiger partial charge in [0, 0.05) is 24.0 Å². The van der Waals surface area contributed by atoms with Crippen molar-refractivity contribution in [1.29, 1.82) is 0 Å². The van der Waals surface area contributed by atoms with Crippen LogP contribution in [0.1, 0.15) is 31.1 Å². The summed E-state index contributed by atoms with van der Waals surface area (Å²) in [5, 5.41) is 5.20. The number of nitrogens with zero attached hydrogens (tertiary/aromatic N) is 2. The van der Waals surface area contributed by atoms with Gasteiger partial charge in [-0.25, -0.2) is 14.2 Å². The van der Waals surface area contributed by atoms with E-state index in [0.717, 1.165) is 42.9 Å². The van der Waals surface area contributed by atoms with Crippen LogP contribution in [-0.2, 0) is 0 Å². The number of halogens is 1. The van der Waals surface area contributed by atoms with Gasteiger partial charge in [0.2, 0.25) is 0 Å². The van der Waals surface area contributed by atoms with Crippen molar-refractivity contribution < 1.29 is 9.18 Å². The molecule has 0 saturated carbocycles. The first-order valence-electron chi connectivity index (χ1n) is 7.92. The van der Waals surface area contributed by atoms with Gasteiger partial charge in [0.15, 0.2) is 6.17 Å². The number of amides is 2. The van der Waals surface area contributed by atoms with Gasteiger partial charge < -0.3 is 10.2 Å². The van der Waals surface area contributed by atoms with Gasteiger partial charge >= 0.3 is 6.03 Å². The monoisotopic (exact) mass is 333 g/mol. The first kappa shape index (κ1) is 15.9. The Balaban J connectivity index is 1.55. The van der Waals surface area contributed by atoms with Gasteiger partial charge in [-0.2, -0.15) is 0 Å². The number of hydrogen-bond acceptors (Lipinski definition) is 3. The molecule has 3 rings (SSSR count). The molecule has 2 aromatic rings. The molecule has 122 valence electrons. The normalized spacial score (nSPS) is 16.1. The molecule has 0 spiro atoms. The SMILES string of the molecule is O=C(NCC(F)c1csc(-c2ccccc2)n1)N1CCCCC1. The molecule has 1 aromatic heterocycles. The quantitative estimate of drug-likeness (QED) is 0.918. The number of aromatic nitrogens is 1. The average molecular weight is 333 g/mol. The third-order valence-corrected chi connectivity index (χ3v) is 4.85. The lowest BCUT2D eigenvalue weighted by atomic mass is 10.1. The zero-order valence-corrected chi connectivity index (χ0v) is 13.7. The number of urea groups is 1. The molecular weight excluding hydrogens is 313 g/mol.